The van der Waals surface area contributed by atoms with Crippen molar-refractivity contribution in [2.75, 3.05) is 19.0 Å². The van der Waals surface area contributed by atoms with Crippen molar-refractivity contribution in [1.29, 1.82) is 0 Å². The van der Waals surface area contributed by atoms with Gasteiger partial charge < -0.3 is 4.74 Å². The Bertz CT molecular complexity index is 353. The summed E-state index contributed by atoms with van der Waals surface area (Å²) in [6.45, 7) is 3.85. The standard InChI is InChI=1S/C13H20N2OS/c1-10-4-2-3-5-13(10)17-9-12(15-14)11-6-7-16-8-11/h2-5,11-12,15H,6-9,14H2,1H3. The zero-order valence-electron chi connectivity index (χ0n) is 10.2. The quantitative estimate of drug-likeness (QED) is 0.478. The predicted octanol–water partition coefficient (Wildman–Crippen LogP) is 1.96. The Kier molecular flexibility index (Phi) is 4.86. The van der Waals surface area contributed by atoms with Crippen LogP contribution in [0, 0.1) is 12.8 Å². The second kappa shape index (κ2) is 6.40. The normalized spacial score (nSPS) is 21.6. The number of ether oxygens (including phenoxy) is 1. The van der Waals surface area contributed by atoms with Crippen molar-refractivity contribution in [2.24, 2.45) is 11.8 Å². The molecule has 94 valence electrons. The second-order valence-electron chi connectivity index (χ2n) is 4.47. The highest BCUT2D eigenvalue weighted by Crippen LogP contribution is 2.26. The number of hydrogen-bond donors (Lipinski definition) is 2. The van der Waals surface area contributed by atoms with Crippen molar-refractivity contribution < 1.29 is 4.74 Å². The smallest absolute Gasteiger partial charge is 0.0510 e. The summed E-state index contributed by atoms with van der Waals surface area (Å²) in [5, 5.41) is 0. The summed E-state index contributed by atoms with van der Waals surface area (Å²) in [6, 6.07) is 8.80. The fraction of sp³-hybridized carbons (Fsp3) is 0.538. The first-order valence-electron chi connectivity index (χ1n) is 6.03. The minimum absolute atomic E-state index is 0.335. The molecule has 2 rings (SSSR count). The highest BCUT2D eigenvalue weighted by Gasteiger charge is 2.24. The average Bonchev–Trinajstić information content (AvgIpc) is 2.86. The Morgan fingerprint density at radius 1 is 1.53 bits per heavy atom. The SMILES string of the molecule is Cc1ccccc1SCC(NN)C1CCOC1. The van der Waals surface area contributed by atoms with E-state index in [4.69, 9.17) is 10.6 Å². The molecule has 1 aliphatic heterocycles. The molecular formula is C13H20N2OS. The van der Waals surface area contributed by atoms with E-state index in [1.54, 1.807) is 0 Å². The van der Waals surface area contributed by atoms with E-state index in [0.29, 0.717) is 12.0 Å². The summed E-state index contributed by atoms with van der Waals surface area (Å²) in [6.07, 6.45) is 1.11. The Morgan fingerprint density at radius 2 is 2.35 bits per heavy atom. The minimum Gasteiger partial charge on any atom is -0.381 e. The Hall–Kier alpha value is -0.550. The summed E-state index contributed by atoms with van der Waals surface area (Å²) >= 11 is 1.87. The zero-order chi connectivity index (χ0) is 12.1. The van der Waals surface area contributed by atoms with Gasteiger partial charge in [-0.2, -0.15) is 0 Å². The molecule has 17 heavy (non-hydrogen) atoms. The molecule has 0 bridgehead atoms. The molecule has 1 fully saturated rings. The van der Waals surface area contributed by atoms with Gasteiger partial charge in [-0.3, -0.25) is 11.3 Å². The van der Waals surface area contributed by atoms with Gasteiger partial charge in [-0.15, -0.1) is 11.8 Å². The number of aryl methyl sites for hydroxylation is 1. The van der Waals surface area contributed by atoms with Gasteiger partial charge in [-0.05, 0) is 25.0 Å². The molecule has 3 nitrogen and oxygen atoms in total. The fourth-order valence-corrected chi connectivity index (χ4v) is 3.29. The lowest BCUT2D eigenvalue weighted by Gasteiger charge is -2.21. The zero-order valence-corrected chi connectivity index (χ0v) is 11.0. The highest BCUT2D eigenvalue weighted by atomic mass is 32.2. The monoisotopic (exact) mass is 252 g/mol. The van der Waals surface area contributed by atoms with Gasteiger partial charge in [0.15, 0.2) is 0 Å². The maximum atomic E-state index is 5.64. The molecule has 0 aromatic heterocycles. The molecule has 0 radical (unpaired) electrons. The van der Waals surface area contributed by atoms with E-state index >= 15 is 0 Å². The number of hydrazine groups is 1. The molecule has 1 aromatic rings. The first kappa shape index (κ1) is 12.9. The largest absolute Gasteiger partial charge is 0.381 e. The third-order valence-electron chi connectivity index (χ3n) is 3.26. The van der Waals surface area contributed by atoms with Crippen LogP contribution in [0.1, 0.15) is 12.0 Å². The third-order valence-corrected chi connectivity index (χ3v) is 4.55. The minimum atomic E-state index is 0.335. The number of nitrogens with two attached hydrogens (primary N) is 1. The molecule has 1 saturated heterocycles. The molecule has 1 heterocycles. The molecule has 4 heteroatoms. The van der Waals surface area contributed by atoms with E-state index in [1.165, 1.54) is 10.5 Å². The highest BCUT2D eigenvalue weighted by molar-refractivity contribution is 7.99. The van der Waals surface area contributed by atoms with Gasteiger partial charge in [0.25, 0.3) is 0 Å². The van der Waals surface area contributed by atoms with Gasteiger partial charge in [0.2, 0.25) is 0 Å². The summed E-state index contributed by atoms with van der Waals surface area (Å²) in [7, 11) is 0. The number of hydrogen-bond acceptors (Lipinski definition) is 4. The first-order chi connectivity index (χ1) is 8.31. The van der Waals surface area contributed by atoms with Gasteiger partial charge in [-0.1, -0.05) is 18.2 Å². The van der Waals surface area contributed by atoms with Crippen LogP contribution >= 0.6 is 11.8 Å². The van der Waals surface area contributed by atoms with E-state index in [9.17, 15) is 0 Å². The second-order valence-corrected chi connectivity index (χ2v) is 5.54. The number of rotatable bonds is 5. The molecule has 2 unspecified atom stereocenters. The molecule has 3 N–H and O–H groups in total. The van der Waals surface area contributed by atoms with E-state index in [2.05, 4.69) is 36.6 Å². The summed E-state index contributed by atoms with van der Waals surface area (Å²) < 4.78 is 5.41. The summed E-state index contributed by atoms with van der Waals surface area (Å²) in [4.78, 5) is 1.34. The van der Waals surface area contributed by atoms with Crippen LogP contribution in [0.2, 0.25) is 0 Å². The van der Waals surface area contributed by atoms with Crippen LogP contribution in [0.3, 0.4) is 0 Å². The molecular weight excluding hydrogens is 232 g/mol. The summed E-state index contributed by atoms with van der Waals surface area (Å²) in [5.74, 6) is 7.18. The predicted molar refractivity (Wildman–Crippen MR) is 71.9 cm³/mol. The van der Waals surface area contributed by atoms with E-state index in [0.717, 1.165) is 25.4 Å². The van der Waals surface area contributed by atoms with Crippen molar-refractivity contribution in [2.45, 2.75) is 24.3 Å². The Labute approximate surface area is 107 Å². The fourth-order valence-electron chi connectivity index (χ4n) is 2.09. The van der Waals surface area contributed by atoms with Crippen molar-refractivity contribution in [3.63, 3.8) is 0 Å². The third kappa shape index (κ3) is 3.45. The maximum Gasteiger partial charge on any atom is 0.0510 e. The Balaban J connectivity index is 1.89. The topological polar surface area (TPSA) is 47.3 Å². The van der Waals surface area contributed by atoms with E-state index in [1.807, 2.05) is 11.8 Å². The maximum absolute atomic E-state index is 5.64. The van der Waals surface area contributed by atoms with E-state index in [-0.39, 0.29) is 0 Å². The van der Waals surface area contributed by atoms with Crippen LogP contribution in [-0.4, -0.2) is 25.0 Å². The van der Waals surface area contributed by atoms with Crippen LogP contribution in [0.25, 0.3) is 0 Å². The van der Waals surface area contributed by atoms with Crippen molar-refractivity contribution in [3.8, 4) is 0 Å². The lowest BCUT2D eigenvalue weighted by molar-refractivity contribution is 0.179. The van der Waals surface area contributed by atoms with Crippen molar-refractivity contribution in [1.82, 2.24) is 5.43 Å². The van der Waals surface area contributed by atoms with Gasteiger partial charge in [-0.25, -0.2) is 0 Å². The summed E-state index contributed by atoms with van der Waals surface area (Å²) in [5.41, 5.74) is 4.26. The van der Waals surface area contributed by atoms with Crippen molar-refractivity contribution >= 4 is 11.8 Å². The van der Waals surface area contributed by atoms with E-state index < -0.39 is 0 Å². The molecule has 0 aliphatic carbocycles. The molecule has 2 atom stereocenters. The molecule has 1 aromatic carbocycles. The van der Waals surface area contributed by atoms with Gasteiger partial charge in [0.1, 0.15) is 0 Å². The van der Waals surface area contributed by atoms with Crippen LogP contribution < -0.4 is 11.3 Å². The number of benzene rings is 1. The van der Waals surface area contributed by atoms with Gasteiger partial charge in [0, 0.05) is 29.2 Å². The molecule has 1 aliphatic rings. The van der Waals surface area contributed by atoms with Crippen molar-refractivity contribution in [3.05, 3.63) is 29.8 Å². The lowest BCUT2D eigenvalue weighted by Crippen LogP contribution is -2.43. The lowest BCUT2D eigenvalue weighted by atomic mass is 10.0. The molecule has 0 amide bonds. The van der Waals surface area contributed by atoms with Crippen LogP contribution in [0.15, 0.2) is 29.2 Å². The first-order valence-corrected chi connectivity index (χ1v) is 7.02. The van der Waals surface area contributed by atoms with Crippen LogP contribution in [-0.2, 0) is 4.74 Å². The van der Waals surface area contributed by atoms with Gasteiger partial charge in [0.05, 0.1) is 6.61 Å². The van der Waals surface area contributed by atoms with Gasteiger partial charge >= 0.3 is 0 Å². The number of nitrogens with one attached hydrogen (secondary N) is 1. The molecule has 0 saturated carbocycles. The average molecular weight is 252 g/mol. The Morgan fingerprint density at radius 3 is 3.00 bits per heavy atom. The van der Waals surface area contributed by atoms with Crippen LogP contribution in [0.4, 0.5) is 0 Å². The molecule has 0 spiro atoms. The van der Waals surface area contributed by atoms with Crippen LogP contribution in [0.5, 0.6) is 0 Å². The number of thioether (sulfide) groups is 1.